The van der Waals surface area contributed by atoms with Crippen LogP contribution in [0.15, 0.2) is 41.1 Å². The molecule has 8 nitrogen and oxygen atoms in total. The van der Waals surface area contributed by atoms with Crippen molar-refractivity contribution in [3.63, 3.8) is 0 Å². The zero-order chi connectivity index (χ0) is 21.5. The van der Waals surface area contributed by atoms with Crippen molar-refractivity contribution in [3.8, 4) is 11.5 Å². The van der Waals surface area contributed by atoms with Crippen LogP contribution in [0, 0.1) is 0 Å². The SMILES string of the molecule is COc1cc2c(Nc3ccc(Br)c(Cl)c3)ncnc2cc1O[C@H]1CO[C@@H]2C(=O)CO[C@H]12. The number of ketones is 1. The molecular formula is C21H17BrClN3O5. The Kier molecular flexibility index (Phi) is 5.43. The molecule has 3 aromatic rings. The third-order valence-corrected chi connectivity index (χ3v) is 6.45. The van der Waals surface area contributed by atoms with Crippen molar-refractivity contribution in [2.75, 3.05) is 25.6 Å². The van der Waals surface area contributed by atoms with E-state index in [2.05, 4.69) is 31.2 Å². The zero-order valence-corrected chi connectivity index (χ0v) is 18.6. The number of halogens is 2. The minimum Gasteiger partial charge on any atom is -0.493 e. The molecule has 0 aliphatic carbocycles. The van der Waals surface area contributed by atoms with Crippen LogP contribution in [0.5, 0.6) is 11.5 Å². The van der Waals surface area contributed by atoms with Crippen molar-refractivity contribution in [2.24, 2.45) is 0 Å². The van der Waals surface area contributed by atoms with E-state index in [0.717, 1.165) is 15.5 Å². The first kappa shape index (κ1) is 20.4. The molecule has 2 aliphatic heterocycles. The van der Waals surface area contributed by atoms with E-state index in [9.17, 15) is 4.79 Å². The highest BCUT2D eigenvalue weighted by Crippen LogP contribution is 2.37. The van der Waals surface area contributed by atoms with E-state index in [1.807, 2.05) is 12.1 Å². The summed E-state index contributed by atoms with van der Waals surface area (Å²) >= 11 is 9.58. The van der Waals surface area contributed by atoms with Gasteiger partial charge >= 0.3 is 0 Å². The molecule has 2 fully saturated rings. The number of hydrogen-bond donors (Lipinski definition) is 1. The van der Waals surface area contributed by atoms with Gasteiger partial charge in [-0.05, 0) is 40.2 Å². The maximum Gasteiger partial charge on any atom is 0.189 e. The first-order chi connectivity index (χ1) is 15.0. The minimum absolute atomic E-state index is 0.0480. The topological polar surface area (TPSA) is 91.8 Å². The summed E-state index contributed by atoms with van der Waals surface area (Å²) in [5, 5.41) is 4.60. The summed E-state index contributed by atoms with van der Waals surface area (Å²) in [5.41, 5.74) is 1.44. The Morgan fingerprint density at radius 1 is 1.19 bits per heavy atom. The van der Waals surface area contributed by atoms with Gasteiger partial charge in [0.1, 0.15) is 31.0 Å². The number of nitrogens with zero attached hydrogens (tertiary/aromatic N) is 2. The lowest BCUT2D eigenvalue weighted by molar-refractivity contribution is -0.125. The summed E-state index contributed by atoms with van der Waals surface area (Å²) in [6, 6.07) is 9.13. The number of benzene rings is 2. The van der Waals surface area contributed by atoms with E-state index in [1.165, 1.54) is 6.33 Å². The van der Waals surface area contributed by atoms with Crippen molar-refractivity contribution in [2.45, 2.75) is 18.3 Å². The summed E-state index contributed by atoms with van der Waals surface area (Å²) in [6.45, 7) is 0.315. The van der Waals surface area contributed by atoms with Gasteiger partial charge in [-0.3, -0.25) is 4.79 Å². The minimum atomic E-state index is -0.563. The maximum absolute atomic E-state index is 11.8. The Hall–Kier alpha value is -2.46. The Morgan fingerprint density at radius 2 is 2.06 bits per heavy atom. The monoisotopic (exact) mass is 505 g/mol. The molecule has 0 saturated carbocycles. The van der Waals surface area contributed by atoms with Gasteiger partial charge in [-0.2, -0.15) is 0 Å². The highest BCUT2D eigenvalue weighted by atomic mass is 79.9. The van der Waals surface area contributed by atoms with Gasteiger partial charge in [0.2, 0.25) is 0 Å². The number of rotatable bonds is 5. The van der Waals surface area contributed by atoms with Crippen LogP contribution in [0.1, 0.15) is 0 Å². The van der Waals surface area contributed by atoms with Crippen LogP contribution in [0.4, 0.5) is 11.5 Å². The normalized spacial score (nSPS) is 22.5. The second kappa shape index (κ2) is 8.23. The van der Waals surface area contributed by atoms with Gasteiger partial charge in [0.05, 0.1) is 24.3 Å². The standard InChI is InChI=1S/C21H17BrClN3O5/c1-28-16-5-11-14(6-17(16)31-18-8-30-19-15(27)7-29-20(18)19)24-9-25-21(11)26-10-2-3-12(22)13(23)4-10/h2-6,9,18-20H,7-8H2,1H3,(H,24,25,26)/t18-,19+,20+/m0/s1. The third-order valence-electron chi connectivity index (χ3n) is 5.22. The molecule has 0 amide bonds. The van der Waals surface area contributed by atoms with E-state index in [4.69, 9.17) is 30.5 Å². The Morgan fingerprint density at radius 3 is 2.87 bits per heavy atom. The number of carbonyl (C=O) groups is 1. The van der Waals surface area contributed by atoms with Crippen molar-refractivity contribution in [1.82, 2.24) is 9.97 Å². The maximum atomic E-state index is 11.8. The van der Waals surface area contributed by atoms with Gasteiger partial charge in [-0.25, -0.2) is 9.97 Å². The predicted octanol–water partition coefficient (Wildman–Crippen LogP) is 3.91. The molecule has 10 heteroatoms. The van der Waals surface area contributed by atoms with Crippen LogP contribution in [0.3, 0.4) is 0 Å². The number of aromatic nitrogens is 2. The zero-order valence-electron chi connectivity index (χ0n) is 16.3. The molecule has 160 valence electrons. The van der Waals surface area contributed by atoms with E-state index in [1.54, 1.807) is 25.3 Å². The van der Waals surface area contributed by atoms with Crippen molar-refractivity contribution in [1.29, 1.82) is 0 Å². The fraction of sp³-hybridized carbons (Fsp3) is 0.286. The number of nitrogens with one attached hydrogen (secondary N) is 1. The number of Topliss-reactive ketones (excluding diaryl/α,β-unsaturated/α-hetero) is 1. The number of fused-ring (bicyclic) bond motifs is 2. The second-order valence-corrected chi connectivity index (χ2v) is 8.41. The Balaban J connectivity index is 1.46. The first-order valence-corrected chi connectivity index (χ1v) is 10.7. The number of anilines is 2. The molecular weight excluding hydrogens is 490 g/mol. The van der Waals surface area contributed by atoms with E-state index in [0.29, 0.717) is 27.9 Å². The number of hydrogen-bond acceptors (Lipinski definition) is 8. The van der Waals surface area contributed by atoms with Crippen LogP contribution >= 0.6 is 27.5 Å². The quantitative estimate of drug-likeness (QED) is 0.557. The predicted molar refractivity (Wildman–Crippen MR) is 117 cm³/mol. The molecule has 0 bridgehead atoms. The molecule has 3 atom stereocenters. The van der Waals surface area contributed by atoms with E-state index >= 15 is 0 Å². The third kappa shape index (κ3) is 3.82. The van der Waals surface area contributed by atoms with E-state index < -0.39 is 18.3 Å². The van der Waals surface area contributed by atoms with Gasteiger partial charge in [0.15, 0.2) is 23.4 Å². The van der Waals surface area contributed by atoms with Crippen molar-refractivity contribution in [3.05, 3.63) is 46.2 Å². The summed E-state index contributed by atoms with van der Waals surface area (Å²) in [5.74, 6) is 1.54. The van der Waals surface area contributed by atoms with Crippen molar-refractivity contribution >= 4 is 55.7 Å². The molecule has 31 heavy (non-hydrogen) atoms. The average Bonchev–Trinajstić information content (AvgIpc) is 3.34. The summed E-state index contributed by atoms with van der Waals surface area (Å²) in [7, 11) is 1.56. The van der Waals surface area contributed by atoms with Gasteiger partial charge in [-0.1, -0.05) is 11.6 Å². The Bertz CT molecular complexity index is 1180. The average molecular weight is 507 g/mol. The largest absolute Gasteiger partial charge is 0.493 e. The number of carbonyl (C=O) groups excluding carboxylic acids is 1. The molecule has 5 rings (SSSR count). The molecule has 2 aliphatic rings. The molecule has 3 heterocycles. The smallest absolute Gasteiger partial charge is 0.189 e. The van der Waals surface area contributed by atoms with Crippen LogP contribution in [-0.4, -0.2) is 54.4 Å². The molecule has 0 radical (unpaired) electrons. The Labute approximate surface area is 190 Å². The van der Waals surface area contributed by atoms with Gasteiger partial charge in [0, 0.05) is 21.6 Å². The van der Waals surface area contributed by atoms with Crippen LogP contribution in [-0.2, 0) is 14.3 Å². The number of methoxy groups -OCH3 is 1. The number of ether oxygens (including phenoxy) is 4. The summed E-state index contributed by atoms with van der Waals surface area (Å²) < 4.78 is 23.6. The fourth-order valence-corrected chi connectivity index (χ4v) is 4.13. The van der Waals surface area contributed by atoms with E-state index in [-0.39, 0.29) is 19.0 Å². The summed E-state index contributed by atoms with van der Waals surface area (Å²) in [6.07, 6.45) is 0.0756. The van der Waals surface area contributed by atoms with Gasteiger partial charge in [0.25, 0.3) is 0 Å². The highest BCUT2D eigenvalue weighted by Gasteiger charge is 2.48. The lowest BCUT2D eigenvalue weighted by Crippen LogP contribution is -2.33. The first-order valence-electron chi connectivity index (χ1n) is 9.51. The van der Waals surface area contributed by atoms with Gasteiger partial charge in [-0.15, -0.1) is 0 Å². The van der Waals surface area contributed by atoms with Crippen LogP contribution in [0.2, 0.25) is 5.02 Å². The highest BCUT2D eigenvalue weighted by molar-refractivity contribution is 9.10. The fourth-order valence-electron chi connectivity index (χ4n) is 3.70. The van der Waals surface area contributed by atoms with Crippen molar-refractivity contribution < 1.29 is 23.7 Å². The summed E-state index contributed by atoms with van der Waals surface area (Å²) in [4.78, 5) is 20.5. The lowest BCUT2D eigenvalue weighted by atomic mass is 10.1. The molecule has 0 spiro atoms. The molecule has 2 saturated heterocycles. The van der Waals surface area contributed by atoms with Crippen LogP contribution in [0.25, 0.3) is 10.9 Å². The molecule has 1 N–H and O–H groups in total. The molecule has 2 aromatic carbocycles. The molecule has 0 unspecified atom stereocenters. The van der Waals surface area contributed by atoms with Gasteiger partial charge < -0.3 is 24.3 Å². The molecule has 1 aromatic heterocycles. The lowest BCUT2D eigenvalue weighted by Gasteiger charge is -2.20. The second-order valence-electron chi connectivity index (χ2n) is 7.15. The van der Waals surface area contributed by atoms with Crippen LogP contribution < -0.4 is 14.8 Å².